The Morgan fingerprint density at radius 1 is 0.929 bits per heavy atom. The first kappa shape index (κ1) is 30.4. The Bertz CT molecular complexity index is 1630. The molecule has 10 heteroatoms. The normalized spacial score (nSPS) is 11.0. The zero-order chi connectivity index (χ0) is 30.1. The molecule has 4 aromatic rings. The van der Waals surface area contributed by atoms with Crippen LogP contribution in [0.4, 0.5) is 15.8 Å². The number of amides is 3. The summed E-state index contributed by atoms with van der Waals surface area (Å²) in [4.78, 5) is 39.3. The van der Waals surface area contributed by atoms with E-state index < -0.39 is 17.6 Å². The number of halogens is 2. The fraction of sp³-hybridized carbons (Fsp3) is 0.0938. The quantitative estimate of drug-likeness (QED) is 0.135. The van der Waals surface area contributed by atoms with Crippen molar-refractivity contribution in [1.29, 1.82) is 0 Å². The highest BCUT2D eigenvalue weighted by molar-refractivity contribution is 8.00. The van der Waals surface area contributed by atoms with Crippen molar-refractivity contribution < 1.29 is 23.5 Å². The minimum absolute atomic E-state index is 0.128. The maximum absolute atomic E-state index is 14.3. The van der Waals surface area contributed by atoms with Crippen molar-refractivity contribution in [2.45, 2.75) is 11.8 Å². The highest BCUT2D eigenvalue weighted by Crippen LogP contribution is 2.31. The van der Waals surface area contributed by atoms with Gasteiger partial charge in [0.1, 0.15) is 17.3 Å². The van der Waals surface area contributed by atoms with E-state index in [1.807, 2.05) is 6.92 Å². The number of hydrogen-bond acceptors (Lipinski definition) is 5. The van der Waals surface area contributed by atoms with Crippen LogP contribution in [0.25, 0.3) is 6.08 Å². The van der Waals surface area contributed by atoms with Crippen LogP contribution >= 0.6 is 23.4 Å². The van der Waals surface area contributed by atoms with Crippen molar-refractivity contribution in [2.24, 2.45) is 0 Å². The SMILES string of the molecule is COc1cc(Cl)c(C)cc1NC(=O)CSc1ccc(NC(=O)/C(=C/c2ccccc2F)NC(=O)c2ccccc2)cc1. The number of methoxy groups -OCH3 is 1. The Kier molecular flexibility index (Phi) is 10.4. The summed E-state index contributed by atoms with van der Waals surface area (Å²) in [5.74, 6) is -1.30. The Morgan fingerprint density at radius 3 is 2.31 bits per heavy atom. The summed E-state index contributed by atoms with van der Waals surface area (Å²) in [6, 6.07) is 24.6. The predicted molar refractivity (Wildman–Crippen MR) is 165 cm³/mol. The molecule has 0 unspecified atom stereocenters. The lowest BCUT2D eigenvalue weighted by Crippen LogP contribution is -2.30. The van der Waals surface area contributed by atoms with E-state index in [9.17, 15) is 18.8 Å². The predicted octanol–water partition coefficient (Wildman–Crippen LogP) is 6.94. The van der Waals surface area contributed by atoms with Gasteiger partial charge in [0.05, 0.1) is 18.6 Å². The van der Waals surface area contributed by atoms with Crippen LogP contribution in [0.3, 0.4) is 0 Å². The molecule has 0 aliphatic rings. The van der Waals surface area contributed by atoms with Gasteiger partial charge in [-0.3, -0.25) is 14.4 Å². The number of hydrogen-bond donors (Lipinski definition) is 3. The highest BCUT2D eigenvalue weighted by atomic mass is 35.5. The molecule has 214 valence electrons. The molecule has 3 N–H and O–H groups in total. The lowest BCUT2D eigenvalue weighted by molar-refractivity contribution is -0.114. The van der Waals surface area contributed by atoms with Crippen LogP contribution in [0, 0.1) is 12.7 Å². The number of anilines is 2. The zero-order valence-corrected chi connectivity index (χ0v) is 24.3. The number of rotatable bonds is 10. The van der Waals surface area contributed by atoms with Crippen molar-refractivity contribution in [3.05, 3.63) is 124 Å². The van der Waals surface area contributed by atoms with Crippen molar-refractivity contribution in [2.75, 3.05) is 23.5 Å². The van der Waals surface area contributed by atoms with Gasteiger partial charge in [-0.15, -0.1) is 11.8 Å². The number of aryl methyl sites for hydroxylation is 1. The molecule has 7 nitrogen and oxygen atoms in total. The van der Waals surface area contributed by atoms with E-state index in [2.05, 4.69) is 16.0 Å². The van der Waals surface area contributed by atoms with Gasteiger partial charge in [0.15, 0.2) is 0 Å². The van der Waals surface area contributed by atoms with Crippen molar-refractivity contribution in [3.8, 4) is 5.75 Å². The van der Waals surface area contributed by atoms with E-state index in [0.717, 1.165) is 10.5 Å². The van der Waals surface area contributed by atoms with Gasteiger partial charge in [-0.25, -0.2) is 4.39 Å². The van der Waals surface area contributed by atoms with Crippen LogP contribution in [-0.2, 0) is 9.59 Å². The molecule has 4 rings (SSSR count). The molecular formula is C32H27ClFN3O4S. The first-order valence-electron chi connectivity index (χ1n) is 12.7. The van der Waals surface area contributed by atoms with Crippen molar-refractivity contribution in [1.82, 2.24) is 5.32 Å². The fourth-order valence-electron chi connectivity index (χ4n) is 3.79. The first-order chi connectivity index (χ1) is 20.2. The van der Waals surface area contributed by atoms with Crippen molar-refractivity contribution >= 4 is 58.5 Å². The maximum Gasteiger partial charge on any atom is 0.272 e. The topological polar surface area (TPSA) is 96.5 Å². The van der Waals surface area contributed by atoms with Crippen LogP contribution in [0.2, 0.25) is 5.02 Å². The van der Waals surface area contributed by atoms with E-state index >= 15 is 0 Å². The molecule has 0 heterocycles. The second-order valence-corrected chi connectivity index (χ2v) is 10.5. The molecule has 0 aromatic heterocycles. The second kappa shape index (κ2) is 14.3. The average Bonchev–Trinajstić information content (AvgIpc) is 2.99. The number of carbonyl (C=O) groups excluding carboxylic acids is 3. The first-order valence-corrected chi connectivity index (χ1v) is 14.1. The minimum atomic E-state index is -0.630. The van der Waals surface area contributed by atoms with Crippen LogP contribution in [0.15, 0.2) is 102 Å². The summed E-state index contributed by atoms with van der Waals surface area (Å²) >= 11 is 7.44. The Hall–Kier alpha value is -4.60. The summed E-state index contributed by atoms with van der Waals surface area (Å²) in [6.45, 7) is 1.84. The number of carbonyl (C=O) groups is 3. The van der Waals surface area contributed by atoms with Crippen LogP contribution < -0.4 is 20.7 Å². The molecule has 0 spiro atoms. The van der Waals surface area contributed by atoms with Gasteiger partial charge in [0, 0.05) is 32.8 Å². The van der Waals surface area contributed by atoms with E-state index in [1.54, 1.807) is 72.8 Å². The maximum atomic E-state index is 14.3. The second-order valence-electron chi connectivity index (χ2n) is 9.02. The van der Waals surface area contributed by atoms with Gasteiger partial charge in [-0.05, 0) is 67.1 Å². The summed E-state index contributed by atoms with van der Waals surface area (Å²) < 4.78 is 19.6. The summed E-state index contributed by atoms with van der Waals surface area (Å²) in [7, 11) is 1.50. The standard InChI is InChI=1S/C32H27ClFN3O4S/c1-20-16-27(29(41-2)18-25(20)33)36-30(38)19-42-24-14-12-23(13-15-24)35-32(40)28(17-22-10-6-7-11-26(22)34)37-31(39)21-8-4-3-5-9-21/h3-18H,19H2,1-2H3,(H,35,40)(H,36,38)(H,37,39)/b28-17-. The molecular weight excluding hydrogens is 577 g/mol. The summed E-state index contributed by atoms with van der Waals surface area (Å²) in [5, 5.41) is 8.69. The van der Waals surface area contributed by atoms with E-state index in [0.29, 0.717) is 27.7 Å². The molecule has 0 saturated heterocycles. The van der Waals surface area contributed by atoms with Gasteiger partial charge in [0.25, 0.3) is 11.8 Å². The van der Waals surface area contributed by atoms with E-state index in [1.165, 1.54) is 43.1 Å². The molecule has 42 heavy (non-hydrogen) atoms. The molecule has 0 atom stereocenters. The molecule has 0 bridgehead atoms. The van der Waals surface area contributed by atoms with Gasteiger partial charge in [0.2, 0.25) is 5.91 Å². The molecule has 4 aromatic carbocycles. The zero-order valence-electron chi connectivity index (χ0n) is 22.7. The summed E-state index contributed by atoms with van der Waals surface area (Å²) in [5.41, 5.74) is 2.15. The molecule has 3 amide bonds. The van der Waals surface area contributed by atoms with Crippen LogP contribution in [-0.4, -0.2) is 30.6 Å². The minimum Gasteiger partial charge on any atom is -0.495 e. The average molecular weight is 604 g/mol. The number of benzene rings is 4. The Balaban J connectivity index is 1.41. The fourth-order valence-corrected chi connectivity index (χ4v) is 4.64. The molecule has 0 aliphatic heterocycles. The van der Waals surface area contributed by atoms with Crippen molar-refractivity contribution in [3.63, 3.8) is 0 Å². The Morgan fingerprint density at radius 2 is 1.62 bits per heavy atom. The third kappa shape index (κ3) is 8.22. The third-order valence-electron chi connectivity index (χ3n) is 5.97. The molecule has 0 aliphatic carbocycles. The molecule has 0 saturated carbocycles. The van der Waals surface area contributed by atoms with Gasteiger partial charge in [-0.2, -0.15) is 0 Å². The van der Waals surface area contributed by atoms with Gasteiger partial charge >= 0.3 is 0 Å². The monoisotopic (exact) mass is 603 g/mol. The summed E-state index contributed by atoms with van der Waals surface area (Å²) in [6.07, 6.45) is 1.28. The molecule has 0 radical (unpaired) electrons. The molecule has 0 fully saturated rings. The van der Waals surface area contributed by atoms with Gasteiger partial charge in [-0.1, -0.05) is 48.0 Å². The third-order valence-corrected chi connectivity index (χ3v) is 7.39. The lowest BCUT2D eigenvalue weighted by atomic mass is 10.1. The number of ether oxygens (including phenoxy) is 1. The van der Waals surface area contributed by atoms with E-state index in [4.69, 9.17) is 16.3 Å². The van der Waals surface area contributed by atoms with Crippen LogP contribution in [0.5, 0.6) is 5.75 Å². The largest absolute Gasteiger partial charge is 0.495 e. The Labute approximate surface area is 252 Å². The van der Waals surface area contributed by atoms with Crippen LogP contribution in [0.1, 0.15) is 21.5 Å². The van der Waals surface area contributed by atoms with E-state index in [-0.39, 0.29) is 22.9 Å². The lowest BCUT2D eigenvalue weighted by Gasteiger charge is -2.13. The van der Waals surface area contributed by atoms with Gasteiger partial charge < -0.3 is 20.7 Å². The number of thioether (sulfide) groups is 1. The number of nitrogens with one attached hydrogen (secondary N) is 3. The highest BCUT2D eigenvalue weighted by Gasteiger charge is 2.16. The smallest absolute Gasteiger partial charge is 0.272 e.